The molecule has 7 heterocycles. The predicted octanol–water partition coefficient (Wildman–Crippen LogP) is 34.1. The molecule has 14 heteroatoms. The van der Waals surface area contributed by atoms with E-state index in [0.717, 1.165) is 83.5 Å². The highest BCUT2D eigenvalue weighted by Gasteiger charge is 2.39. The third-order valence-corrected chi connectivity index (χ3v) is 34.3. The Morgan fingerprint density at radius 1 is 0.220 bits per heavy atom. The quantitative estimate of drug-likeness (QED) is 0.123. The van der Waals surface area contributed by atoms with E-state index in [4.69, 9.17) is 16.4 Å². The van der Waals surface area contributed by atoms with Crippen LogP contribution in [0, 0.1) is 66.2 Å². The maximum atomic E-state index is 8.02. The van der Waals surface area contributed by atoms with Crippen molar-refractivity contribution in [3.05, 3.63) is 314 Å². The molecule has 7 unspecified atom stereocenters. The number of hydrogen-bond donors (Lipinski definition) is 0. The molecule has 654 valence electrons. The smallest absolute Gasteiger partial charge is 0.0815 e. The van der Waals surface area contributed by atoms with Crippen molar-refractivity contribution in [2.45, 2.75) is 287 Å². The molecular weight excluding hydrogens is 1630 g/mol. The maximum Gasteiger partial charge on any atom is 0.0815 e. The third kappa shape index (κ3) is 22.4. The van der Waals surface area contributed by atoms with Crippen LogP contribution in [0.15, 0.2) is 270 Å². The zero-order chi connectivity index (χ0) is 98.0. The van der Waals surface area contributed by atoms with Gasteiger partial charge in [0.15, 0.2) is 0 Å². The lowest BCUT2D eigenvalue weighted by molar-refractivity contribution is 0.413. The molecule has 3 aliphatic carbocycles. The minimum absolute atomic E-state index is 0.436. The number of allylic oxidation sites excluding steroid dienone is 13. The first-order valence-electron chi connectivity index (χ1n) is 50.4. The second kappa shape index (κ2) is 44.1. The molecule has 0 aromatic heterocycles. The average Bonchev–Trinajstić information content (AvgIpc) is 1.63. The molecule has 0 saturated heterocycles. The standard InChI is InChI=1S/C18H25NS.C18H19NS.2C17H23NS.3C13H17NS/c2*1-13-9-7-8-12-17(13)19-14(2)18(20-15(19)3)16-10-5-4-6-11-16;2*1-12-8-4-7-11-16(12)18-13(2)17(19-14(18)3)15-9-5-6-10-15;3*1-9-7-5-6-8-13(9)14-10(2)11(3)15-12(14)4/h7-9,12,15-16H,4-6,10-11H2,1-3H3;4-12,15H,1-3H3;2*4,7-8,11,14-15H,5-6,9-10H2,1-3H3;3*5-8,12H,1-4H3/i3D3;;3D3;;2*4D3;. The van der Waals surface area contributed by atoms with Gasteiger partial charge in [-0.15, -0.1) is 70.6 Å². The molecule has 3 saturated carbocycles. The van der Waals surface area contributed by atoms with Gasteiger partial charge in [-0.25, -0.2) is 0 Å². The van der Waals surface area contributed by atoms with Gasteiger partial charge in [0.1, 0.15) is 0 Å². The Hall–Kier alpha value is -7.01. The van der Waals surface area contributed by atoms with Crippen molar-refractivity contribution < 1.29 is 16.4 Å². The Labute approximate surface area is 790 Å². The predicted molar refractivity (Wildman–Crippen MR) is 558 cm³/mol. The number of thioether (sulfide) groups is 7. The highest BCUT2D eigenvalue weighted by atomic mass is 32.2. The van der Waals surface area contributed by atoms with E-state index in [-0.39, 0.29) is 0 Å². The van der Waals surface area contributed by atoms with Crippen molar-refractivity contribution in [2.75, 3.05) is 34.3 Å². The van der Waals surface area contributed by atoms with Crippen LogP contribution >= 0.6 is 82.3 Å². The molecule has 8 aromatic carbocycles. The first-order valence-corrected chi connectivity index (χ1v) is 50.6. The number of aryl methyl sites for hydroxylation is 7. The molecule has 0 bridgehead atoms. The number of hydrogen-bond acceptors (Lipinski definition) is 14. The van der Waals surface area contributed by atoms with Gasteiger partial charge < -0.3 is 34.3 Å². The fourth-order valence-electron chi connectivity index (χ4n) is 18.6. The summed E-state index contributed by atoms with van der Waals surface area (Å²) >= 11 is 12.0. The first-order chi connectivity index (χ1) is 63.9. The van der Waals surface area contributed by atoms with Gasteiger partial charge in [-0.05, 0) is 309 Å². The van der Waals surface area contributed by atoms with Crippen molar-refractivity contribution in [3.63, 3.8) is 0 Å². The second-order valence-corrected chi connectivity index (χ2v) is 43.0. The summed E-state index contributed by atoms with van der Waals surface area (Å²) in [6.07, 6.45) is 16.8. The van der Waals surface area contributed by atoms with E-state index < -0.39 is 48.9 Å². The van der Waals surface area contributed by atoms with Crippen LogP contribution < -0.4 is 34.3 Å². The number of anilines is 7. The molecule has 0 spiro atoms. The summed E-state index contributed by atoms with van der Waals surface area (Å²) in [4.78, 5) is 24.7. The Morgan fingerprint density at radius 3 is 0.699 bits per heavy atom. The molecule has 10 aliphatic rings. The topological polar surface area (TPSA) is 22.7 Å². The Morgan fingerprint density at radius 2 is 0.423 bits per heavy atom. The highest BCUT2D eigenvalue weighted by Crippen LogP contribution is 2.54. The van der Waals surface area contributed by atoms with Gasteiger partial charge in [-0.2, -0.15) is 0 Å². The summed E-state index contributed by atoms with van der Waals surface area (Å²) in [5.74, 6) is 1.94. The summed E-state index contributed by atoms with van der Waals surface area (Å²) in [6.45, 7) is 34.7. The van der Waals surface area contributed by atoms with Gasteiger partial charge in [0, 0.05) is 130 Å². The van der Waals surface area contributed by atoms with Crippen LogP contribution in [0.4, 0.5) is 39.8 Å². The lowest BCUT2D eigenvalue weighted by Crippen LogP contribution is -2.25. The van der Waals surface area contributed by atoms with Gasteiger partial charge in [0.2, 0.25) is 0 Å². The molecule has 7 aliphatic heterocycles. The van der Waals surface area contributed by atoms with Gasteiger partial charge in [-0.1, -0.05) is 214 Å². The van der Waals surface area contributed by atoms with E-state index >= 15 is 0 Å². The van der Waals surface area contributed by atoms with Crippen LogP contribution in [0.3, 0.4) is 0 Å². The SMILES string of the molecule is CC1=C(C)N(c2ccccc2C)C(C)S1.CC1=C(C2CCCC2)SC(C)N1c1ccccc1C.CC1=C(c2ccccc2)SC(C)N1c1ccccc1C.[2H]C([2H])([2H])C1SC(C)=C(C)N1c1ccccc1C.[2H]C([2H])([2H])C1SC(C)=C(C)N1c1ccccc1C.[2H]C([2H])([2H])C1SC(C2CCCC2)=C(C)N1c1ccccc1C.[2H]C([2H])([2H])C1SC(C2CCCCC2)=C(C)N1c1ccccc1C. The van der Waals surface area contributed by atoms with Crippen LogP contribution in [0.1, 0.15) is 262 Å². The van der Waals surface area contributed by atoms with E-state index in [2.05, 4.69) is 248 Å². The fourth-order valence-corrected chi connectivity index (χ4v) is 27.1. The van der Waals surface area contributed by atoms with Crippen molar-refractivity contribution >= 4 is 127 Å². The van der Waals surface area contributed by atoms with E-state index in [1.165, 1.54) is 183 Å². The van der Waals surface area contributed by atoms with Crippen molar-refractivity contribution in [1.82, 2.24) is 0 Å². The first kappa shape index (κ1) is 79.4. The van der Waals surface area contributed by atoms with E-state index in [1.54, 1.807) is 28.4 Å². The molecule has 8 aromatic rings. The normalized spacial score (nSPS) is 24.3. The number of para-hydroxylation sites is 7. The Kier molecular flexibility index (Phi) is 28.5. The molecular formula is C109H141N7S7. The van der Waals surface area contributed by atoms with Gasteiger partial charge in [0.25, 0.3) is 0 Å². The lowest BCUT2D eigenvalue weighted by Gasteiger charge is -2.27. The monoisotopic (exact) mass is 1780 g/mol. The van der Waals surface area contributed by atoms with Crippen LogP contribution in [0.25, 0.3) is 4.91 Å². The van der Waals surface area contributed by atoms with Crippen LogP contribution in [0.2, 0.25) is 0 Å². The number of nitrogens with zero attached hydrogens (tertiary/aromatic N) is 7. The zero-order valence-corrected chi connectivity index (χ0v) is 82.2. The molecule has 7 nitrogen and oxygen atoms in total. The van der Waals surface area contributed by atoms with Gasteiger partial charge in [0.05, 0.1) is 37.6 Å². The molecule has 3 fully saturated rings. The summed E-state index contributed by atoms with van der Waals surface area (Å²) in [6, 6.07) is 68.6. The molecule has 7 atom stereocenters. The lowest BCUT2D eigenvalue weighted by atomic mass is 9.88. The minimum Gasteiger partial charge on any atom is -0.332 e. The van der Waals surface area contributed by atoms with Gasteiger partial charge in [-0.3, -0.25) is 0 Å². The van der Waals surface area contributed by atoms with Crippen LogP contribution in [-0.4, -0.2) is 37.6 Å². The Balaban J connectivity index is 0.000000142. The van der Waals surface area contributed by atoms with E-state index in [9.17, 15) is 0 Å². The van der Waals surface area contributed by atoms with E-state index in [0.29, 0.717) is 28.0 Å². The number of rotatable bonds is 11. The summed E-state index contributed by atoms with van der Waals surface area (Å²) in [5.41, 5.74) is 26.5. The largest absolute Gasteiger partial charge is 0.332 e. The Bertz CT molecular complexity index is 5570. The van der Waals surface area contributed by atoms with Crippen molar-refractivity contribution in [2.24, 2.45) is 17.8 Å². The van der Waals surface area contributed by atoms with Gasteiger partial charge >= 0.3 is 0 Å². The summed E-state index contributed by atoms with van der Waals surface area (Å²) in [5, 5.41) is -0.531. The summed E-state index contributed by atoms with van der Waals surface area (Å²) < 4.78 is 94.2. The maximum absolute atomic E-state index is 8.02. The minimum atomic E-state index is -2.00. The van der Waals surface area contributed by atoms with Crippen LogP contribution in [-0.2, 0) is 0 Å². The fraction of sp³-hybridized carbons (Fsp3) is 0.431. The molecule has 0 radical (unpaired) electrons. The molecule has 0 N–H and O–H groups in total. The highest BCUT2D eigenvalue weighted by molar-refractivity contribution is 8.09. The molecule has 0 amide bonds. The average molecular weight is 1790 g/mol. The number of benzene rings is 8. The second-order valence-electron chi connectivity index (χ2n) is 34.0. The van der Waals surface area contributed by atoms with Crippen molar-refractivity contribution in [1.29, 1.82) is 0 Å². The summed E-state index contributed by atoms with van der Waals surface area (Å²) in [7, 11) is 0. The van der Waals surface area contributed by atoms with Crippen LogP contribution in [0.5, 0.6) is 0 Å². The molecule has 123 heavy (non-hydrogen) atoms. The molecule has 18 rings (SSSR count). The zero-order valence-electron chi connectivity index (χ0n) is 88.5. The third-order valence-electron chi connectivity index (χ3n) is 25.6. The van der Waals surface area contributed by atoms with E-state index in [1.807, 2.05) is 160 Å². The van der Waals surface area contributed by atoms with Crippen molar-refractivity contribution in [3.8, 4) is 0 Å².